The highest BCUT2D eigenvalue weighted by Crippen LogP contribution is 2.42. The molecular weight excluding hydrogens is 372 g/mol. The van der Waals surface area contributed by atoms with Crippen molar-refractivity contribution in [2.24, 2.45) is 5.92 Å². The molecule has 2 aromatic rings. The number of carbonyl (C=O) groups excluding carboxylic acids is 1. The first-order valence-corrected chi connectivity index (χ1v) is 9.32. The van der Waals surface area contributed by atoms with Gasteiger partial charge in [0.1, 0.15) is 5.82 Å². The predicted octanol–water partition coefficient (Wildman–Crippen LogP) is 4.95. The fourth-order valence-electron chi connectivity index (χ4n) is 3.32. The molecule has 148 valence electrons. The quantitative estimate of drug-likeness (QED) is 0.683. The maximum Gasteiger partial charge on any atom is 0.416 e. The van der Waals surface area contributed by atoms with Crippen LogP contribution in [0.1, 0.15) is 46.7 Å². The zero-order valence-corrected chi connectivity index (χ0v) is 15.0. The summed E-state index contributed by atoms with van der Waals surface area (Å²) in [6.07, 6.45) is -0.941. The van der Waals surface area contributed by atoms with E-state index in [0.717, 1.165) is 24.4 Å². The van der Waals surface area contributed by atoms with E-state index in [0.29, 0.717) is 35.8 Å². The monoisotopic (exact) mass is 392 g/mol. The lowest BCUT2D eigenvalue weighted by Crippen LogP contribution is -2.20. The molecule has 2 aromatic carbocycles. The SMILES string of the molecule is O=C(Nc1ccc([C@@H]2C[C@H]2NCC2CC2)cc1)c1cc(C(F)(F)F)ccc1F. The van der Waals surface area contributed by atoms with Crippen molar-refractivity contribution in [1.29, 1.82) is 0 Å². The molecule has 2 atom stereocenters. The first-order valence-electron chi connectivity index (χ1n) is 9.32. The van der Waals surface area contributed by atoms with Crippen LogP contribution < -0.4 is 10.6 Å². The molecular formula is C21H20F4N2O. The third kappa shape index (κ3) is 4.35. The Morgan fingerprint density at radius 2 is 1.79 bits per heavy atom. The Balaban J connectivity index is 1.38. The van der Waals surface area contributed by atoms with Crippen LogP contribution in [-0.2, 0) is 6.18 Å². The Morgan fingerprint density at radius 3 is 2.43 bits per heavy atom. The van der Waals surface area contributed by atoms with Gasteiger partial charge in [0.2, 0.25) is 0 Å². The molecule has 3 nitrogen and oxygen atoms in total. The molecule has 0 spiro atoms. The van der Waals surface area contributed by atoms with E-state index >= 15 is 0 Å². The fraction of sp³-hybridized carbons (Fsp3) is 0.381. The van der Waals surface area contributed by atoms with E-state index in [-0.39, 0.29) is 0 Å². The van der Waals surface area contributed by atoms with Gasteiger partial charge in [0.25, 0.3) is 5.91 Å². The zero-order valence-electron chi connectivity index (χ0n) is 15.0. The first kappa shape index (κ1) is 18.9. The lowest BCUT2D eigenvalue weighted by molar-refractivity contribution is -0.137. The summed E-state index contributed by atoms with van der Waals surface area (Å²) in [6.45, 7) is 1.07. The van der Waals surface area contributed by atoms with Gasteiger partial charge in [-0.2, -0.15) is 13.2 Å². The molecule has 0 saturated heterocycles. The lowest BCUT2D eigenvalue weighted by atomic mass is 10.1. The van der Waals surface area contributed by atoms with Gasteiger partial charge in [-0.1, -0.05) is 12.1 Å². The summed E-state index contributed by atoms with van der Waals surface area (Å²) in [5, 5.41) is 6.02. The average Bonchev–Trinajstić information content (AvgIpc) is 3.54. The second kappa shape index (κ2) is 7.20. The van der Waals surface area contributed by atoms with Crippen LogP contribution in [0, 0.1) is 11.7 Å². The number of carbonyl (C=O) groups is 1. The van der Waals surface area contributed by atoms with E-state index in [4.69, 9.17) is 0 Å². The van der Waals surface area contributed by atoms with Crippen LogP contribution in [0.25, 0.3) is 0 Å². The van der Waals surface area contributed by atoms with Gasteiger partial charge < -0.3 is 10.6 Å². The smallest absolute Gasteiger partial charge is 0.322 e. The highest BCUT2D eigenvalue weighted by Gasteiger charge is 2.39. The van der Waals surface area contributed by atoms with Crippen LogP contribution >= 0.6 is 0 Å². The Kier molecular flexibility index (Phi) is 4.87. The van der Waals surface area contributed by atoms with Gasteiger partial charge in [-0.15, -0.1) is 0 Å². The molecule has 0 aliphatic heterocycles. The van der Waals surface area contributed by atoms with Gasteiger partial charge in [0.15, 0.2) is 0 Å². The second-order valence-corrected chi connectivity index (χ2v) is 7.57. The van der Waals surface area contributed by atoms with Crippen LogP contribution in [0.15, 0.2) is 42.5 Å². The van der Waals surface area contributed by atoms with Crippen LogP contribution in [0.5, 0.6) is 0 Å². The Morgan fingerprint density at radius 1 is 1.07 bits per heavy atom. The number of anilines is 1. The van der Waals surface area contributed by atoms with E-state index < -0.39 is 29.0 Å². The number of hydrogen-bond acceptors (Lipinski definition) is 2. The highest BCUT2D eigenvalue weighted by molar-refractivity contribution is 6.04. The number of alkyl halides is 3. The van der Waals surface area contributed by atoms with E-state index in [9.17, 15) is 22.4 Å². The Labute approximate surface area is 160 Å². The lowest BCUT2D eigenvalue weighted by Gasteiger charge is -2.11. The summed E-state index contributed by atoms with van der Waals surface area (Å²) in [5.41, 5.74) is -0.136. The molecule has 0 unspecified atom stereocenters. The van der Waals surface area contributed by atoms with Crippen molar-refractivity contribution in [3.05, 3.63) is 65.0 Å². The number of benzene rings is 2. The molecule has 2 N–H and O–H groups in total. The molecule has 0 aromatic heterocycles. The highest BCUT2D eigenvalue weighted by atomic mass is 19.4. The summed E-state index contributed by atoms with van der Waals surface area (Å²) in [4.78, 5) is 12.2. The van der Waals surface area contributed by atoms with Gasteiger partial charge >= 0.3 is 6.18 Å². The number of halogens is 4. The summed E-state index contributed by atoms with van der Waals surface area (Å²) in [6, 6.07) is 9.44. The molecule has 2 fully saturated rings. The van der Waals surface area contributed by atoms with Gasteiger partial charge in [-0.05, 0) is 67.6 Å². The first-order chi connectivity index (χ1) is 13.3. The normalized spacial score (nSPS) is 21.4. The van der Waals surface area contributed by atoms with Crippen LogP contribution in [0.4, 0.5) is 23.2 Å². The number of rotatable bonds is 6. The van der Waals surface area contributed by atoms with Crippen LogP contribution in [0.2, 0.25) is 0 Å². The number of nitrogens with one attached hydrogen (secondary N) is 2. The minimum Gasteiger partial charge on any atom is -0.322 e. The molecule has 0 heterocycles. The van der Waals surface area contributed by atoms with Gasteiger partial charge in [-0.3, -0.25) is 4.79 Å². The molecule has 2 saturated carbocycles. The minimum absolute atomic E-state index is 0.411. The van der Waals surface area contributed by atoms with Crippen molar-refractivity contribution < 1.29 is 22.4 Å². The zero-order chi connectivity index (χ0) is 19.9. The topological polar surface area (TPSA) is 41.1 Å². The molecule has 2 aliphatic carbocycles. The van der Waals surface area contributed by atoms with Crippen molar-refractivity contribution in [2.75, 3.05) is 11.9 Å². The van der Waals surface area contributed by atoms with E-state index in [1.807, 2.05) is 12.1 Å². The van der Waals surface area contributed by atoms with Crippen molar-refractivity contribution in [3.63, 3.8) is 0 Å². The van der Waals surface area contributed by atoms with Gasteiger partial charge in [0.05, 0.1) is 11.1 Å². The van der Waals surface area contributed by atoms with Crippen molar-refractivity contribution in [3.8, 4) is 0 Å². The Hall–Kier alpha value is -2.41. The van der Waals surface area contributed by atoms with E-state index in [1.165, 1.54) is 12.8 Å². The van der Waals surface area contributed by atoms with Crippen molar-refractivity contribution in [1.82, 2.24) is 5.32 Å². The Bertz CT molecular complexity index is 875. The fourth-order valence-corrected chi connectivity index (χ4v) is 3.32. The summed E-state index contributed by atoms with van der Waals surface area (Å²) in [5.74, 6) is -0.629. The molecule has 4 rings (SSSR count). The summed E-state index contributed by atoms with van der Waals surface area (Å²) in [7, 11) is 0. The maximum absolute atomic E-state index is 13.8. The van der Waals surface area contributed by atoms with E-state index in [1.54, 1.807) is 12.1 Å². The summed E-state index contributed by atoms with van der Waals surface area (Å²) >= 11 is 0. The maximum atomic E-state index is 13.8. The predicted molar refractivity (Wildman–Crippen MR) is 97.7 cm³/mol. The molecule has 7 heteroatoms. The summed E-state index contributed by atoms with van der Waals surface area (Å²) < 4.78 is 52.2. The largest absolute Gasteiger partial charge is 0.416 e. The third-order valence-corrected chi connectivity index (χ3v) is 5.29. The average molecular weight is 392 g/mol. The van der Waals surface area contributed by atoms with Gasteiger partial charge in [-0.25, -0.2) is 4.39 Å². The standard InChI is InChI=1S/C21H20F4N2O/c22-18-8-5-14(21(23,24)25)9-17(18)20(28)27-15-6-3-13(4-7-15)16-10-19(16)26-11-12-1-2-12/h3-9,12,16,19,26H,1-2,10-11H2,(H,27,28)/t16-,19+/m0/s1. The number of amides is 1. The van der Waals surface area contributed by atoms with Gasteiger partial charge in [0, 0.05) is 17.6 Å². The van der Waals surface area contributed by atoms with Crippen molar-refractivity contribution >= 4 is 11.6 Å². The molecule has 2 aliphatic rings. The van der Waals surface area contributed by atoms with E-state index in [2.05, 4.69) is 10.6 Å². The van der Waals surface area contributed by atoms with Crippen LogP contribution in [0.3, 0.4) is 0 Å². The molecule has 28 heavy (non-hydrogen) atoms. The van der Waals surface area contributed by atoms with Crippen molar-refractivity contribution in [2.45, 2.75) is 37.4 Å². The second-order valence-electron chi connectivity index (χ2n) is 7.57. The molecule has 0 bridgehead atoms. The minimum atomic E-state index is -4.64. The van der Waals surface area contributed by atoms with Crippen LogP contribution in [-0.4, -0.2) is 18.5 Å². The number of hydrogen-bond donors (Lipinski definition) is 2. The third-order valence-electron chi connectivity index (χ3n) is 5.29. The molecule has 0 radical (unpaired) electrons. The molecule has 1 amide bonds.